The van der Waals surface area contributed by atoms with Gasteiger partial charge in [0.15, 0.2) is 0 Å². The molecule has 9 heteroatoms. The number of nitrogens with one attached hydrogen (secondary N) is 2. The van der Waals surface area contributed by atoms with Gasteiger partial charge in [0.25, 0.3) is 5.91 Å². The van der Waals surface area contributed by atoms with Crippen molar-refractivity contribution in [2.45, 2.75) is 43.4 Å². The highest BCUT2D eigenvalue weighted by Gasteiger charge is 2.52. The van der Waals surface area contributed by atoms with Crippen LogP contribution in [-0.2, 0) is 15.3 Å². The van der Waals surface area contributed by atoms with Crippen molar-refractivity contribution >= 4 is 52.5 Å². The lowest BCUT2D eigenvalue weighted by Gasteiger charge is -2.30. The van der Waals surface area contributed by atoms with Crippen molar-refractivity contribution in [2.75, 3.05) is 5.75 Å². The van der Waals surface area contributed by atoms with Crippen LogP contribution < -0.4 is 10.7 Å². The summed E-state index contributed by atoms with van der Waals surface area (Å²) in [5, 5.41) is 3.61. The average Bonchev–Trinajstić information content (AvgIpc) is 3.06. The molecule has 3 rings (SSSR count). The molecule has 1 aromatic heterocycles. The number of thiophene rings is 1. The number of urea groups is 1. The number of halogens is 1. The first-order valence-electron chi connectivity index (χ1n) is 7.78. The number of hydrogen-bond acceptors (Lipinski definition) is 5. The minimum atomic E-state index is -0.816. The molecule has 0 aromatic carbocycles. The fourth-order valence-electron chi connectivity index (χ4n) is 3.05. The first-order valence-corrected chi connectivity index (χ1v) is 10.1. The van der Waals surface area contributed by atoms with Crippen molar-refractivity contribution in [3.8, 4) is 0 Å². The molecule has 130 valence electrons. The Bertz CT molecular complexity index is 658. The van der Waals surface area contributed by atoms with Crippen LogP contribution in [0.3, 0.4) is 0 Å². The highest BCUT2D eigenvalue weighted by Crippen LogP contribution is 2.33. The van der Waals surface area contributed by atoms with Gasteiger partial charge in [-0.2, -0.15) is 5.01 Å². The number of carbonyl (C=O) groups excluding carboxylic acids is 3. The van der Waals surface area contributed by atoms with Gasteiger partial charge in [-0.3, -0.25) is 15.0 Å². The van der Waals surface area contributed by atoms with Crippen molar-refractivity contribution in [1.29, 1.82) is 0 Å². The zero-order valence-corrected chi connectivity index (χ0v) is 15.4. The van der Waals surface area contributed by atoms with Crippen LogP contribution in [0, 0.1) is 0 Å². The molecule has 1 aromatic rings. The van der Waals surface area contributed by atoms with E-state index in [4.69, 9.17) is 11.6 Å². The molecule has 0 atom stereocenters. The Morgan fingerprint density at radius 3 is 2.75 bits per heavy atom. The fourth-order valence-corrected chi connectivity index (χ4v) is 5.06. The van der Waals surface area contributed by atoms with Gasteiger partial charge >= 0.3 is 6.03 Å². The second-order valence-corrected chi connectivity index (χ2v) is 8.73. The summed E-state index contributed by atoms with van der Waals surface area (Å²) in [5.74, 6) is 0.128. The van der Waals surface area contributed by atoms with Gasteiger partial charge < -0.3 is 5.32 Å². The zero-order chi connectivity index (χ0) is 17.2. The van der Waals surface area contributed by atoms with Gasteiger partial charge in [0.05, 0.1) is 10.1 Å². The van der Waals surface area contributed by atoms with Gasteiger partial charge in [-0.25, -0.2) is 4.79 Å². The molecule has 0 unspecified atom stereocenters. The number of thioether (sulfide) groups is 1. The summed E-state index contributed by atoms with van der Waals surface area (Å²) in [6.07, 6.45) is 4.16. The maximum atomic E-state index is 12.5. The van der Waals surface area contributed by atoms with E-state index >= 15 is 0 Å². The summed E-state index contributed by atoms with van der Waals surface area (Å²) in [5.41, 5.74) is 1.61. The lowest BCUT2D eigenvalue weighted by Crippen LogP contribution is -2.51. The Hall–Kier alpha value is -1.25. The van der Waals surface area contributed by atoms with Crippen LogP contribution in [0.5, 0.6) is 0 Å². The fraction of sp³-hybridized carbons (Fsp3) is 0.533. The molecule has 6 nitrogen and oxygen atoms in total. The molecule has 2 heterocycles. The summed E-state index contributed by atoms with van der Waals surface area (Å²) in [7, 11) is 0. The highest BCUT2D eigenvalue weighted by atomic mass is 35.5. The van der Waals surface area contributed by atoms with E-state index < -0.39 is 11.6 Å². The monoisotopic (exact) mass is 387 g/mol. The van der Waals surface area contributed by atoms with Crippen LogP contribution in [0.25, 0.3) is 0 Å². The maximum Gasteiger partial charge on any atom is 0.344 e. The Morgan fingerprint density at radius 1 is 1.33 bits per heavy atom. The second-order valence-electron chi connectivity index (χ2n) is 5.95. The van der Waals surface area contributed by atoms with Gasteiger partial charge in [-0.05, 0) is 25.0 Å². The minimum Gasteiger partial charge on any atom is -0.322 e. The second kappa shape index (κ2) is 7.33. The normalized spacial score (nSPS) is 19.6. The molecule has 1 aliphatic carbocycles. The highest BCUT2D eigenvalue weighted by molar-refractivity contribution is 7.99. The number of carbonyl (C=O) groups is 3. The molecule has 1 aliphatic heterocycles. The Balaban J connectivity index is 1.50. The largest absolute Gasteiger partial charge is 0.344 e. The van der Waals surface area contributed by atoms with Crippen molar-refractivity contribution in [3.63, 3.8) is 0 Å². The molecule has 2 fully saturated rings. The topological polar surface area (TPSA) is 78.5 Å². The van der Waals surface area contributed by atoms with Crippen molar-refractivity contribution in [3.05, 3.63) is 21.3 Å². The number of imide groups is 1. The SMILES string of the molecule is O=C(CSCc1ccc(Cl)s1)NN1C(=O)NC2(CCCCC2)C1=O. The van der Waals surface area contributed by atoms with E-state index in [0.717, 1.165) is 29.1 Å². The third-order valence-corrected chi connectivity index (χ3v) is 6.61. The number of hydrogen-bond donors (Lipinski definition) is 2. The van der Waals surface area contributed by atoms with Crippen LogP contribution in [0.2, 0.25) is 4.34 Å². The van der Waals surface area contributed by atoms with Crippen LogP contribution in [0.1, 0.15) is 37.0 Å². The maximum absolute atomic E-state index is 12.5. The quantitative estimate of drug-likeness (QED) is 0.761. The predicted octanol–water partition coefficient (Wildman–Crippen LogP) is 2.92. The van der Waals surface area contributed by atoms with E-state index in [1.807, 2.05) is 12.1 Å². The molecule has 1 spiro atoms. The molecule has 0 radical (unpaired) electrons. The average molecular weight is 388 g/mol. The number of hydrazine groups is 1. The van der Waals surface area contributed by atoms with Gasteiger partial charge in [-0.15, -0.1) is 23.1 Å². The van der Waals surface area contributed by atoms with E-state index in [9.17, 15) is 14.4 Å². The summed E-state index contributed by atoms with van der Waals surface area (Å²) in [6, 6.07) is 3.20. The smallest absolute Gasteiger partial charge is 0.322 e. The van der Waals surface area contributed by atoms with Gasteiger partial charge in [0.1, 0.15) is 5.54 Å². The Morgan fingerprint density at radius 2 is 2.08 bits per heavy atom. The number of rotatable bonds is 5. The Labute approximate surface area is 153 Å². The van der Waals surface area contributed by atoms with Crippen LogP contribution in [0.4, 0.5) is 4.79 Å². The summed E-state index contributed by atoms with van der Waals surface area (Å²) < 4.78 is 0.715. The third kappa shape index (κ3) is 3.70. The van der Waals surface area contributed by atoms with Gasteiger partial charge in [0.2, 0.25) is 5.91 Å². The third-order valence-electron chi connectivity index (χ3n) is 4.21. The molecule has 24 heavy (non-hydrogen) atoms. The Kier molecular flexibility index (Phi) is 5.36. The molecular formula is C15H18ClN3O3S2. The van der Waals surface area contributed by atoms with Crippen molar-refractivity contribution in [2.24, 2.45) is 0 Å². The first-order chi connectivity index (χ1) is 11.5. The number of nitrogens with zero attached hydrogens (tertiary/aromatic N) is 1. The lowest BCUT2D eigenvalue weighted by molar-refractivity contribution is -0.139. The molecule has 1 saturated heterocycles. The molecule has 1 saturated carbocycles. The molecule has 0 bridgehead atoms. The standard InChI is InChI=1S/C15H18ClN3O3S2/c16-11-5-4-10(24-11)8-23-9-12(20)18-19-13(21)15(17-14(19)22)6-2-1-3-7-15/h4-5H,1-3,6-9H2,(H,17,22)(H,18,20). The van der Waals surface area contributed by atoms with E-state index in [1.165, 1.54) is 23.1 Å². The zero-order valence-electron chi connectivity index (χ0n) is 13.0. The lowest BCUT2D eigenvalue weighted by atomic mass is 9.82. The molecule has 2 aliphatic rings. The van der Waals surface area contributed by atoms with E-state index in [0.29, 0.717) is 22.9 Å². The first kappa shape index (κ1) is 17.6. The van der Waals surface area contributed by atoms with E-state index in [2.05, 4.69) is 10.7 Å². The molecule has 4 amide bonds. The van der Waals surface area contributed by atoms with Crippen molar-refractivity contribution < 1.29 is 14.4 Å². The number of amides is 4. The predicted molar refractivity (Wildman–Crippen MR) is 94.8 cm³/mol. The van der Waals surface area contributed by atoms with E-state index in [1.54, 1.807) is 0 Å². The summed E-state index contributed by atoms with van der Waals surface area (Å²) in [4.78, 5) is 37.7. The minimum absolute atomic E-state index is 0.166. The van der Waals surface area contributed by atoms with Crippen LogP contribution >= 0.6 is 34.7 Å². The van der Waals surface area contributed by atoms with Gasteiger partial charge in [0, 0.05) is 10.6 Å². The van der Waals surface area contributed by atoms with Crippen LogP contribution in [-0.4, -0.2) is 34.1 Å². The molecule has 2 N–H and O–H groups in total. The van der Waals surface area contributed by atoms with Crippen molar-refractivity contribution in [1.82, 2.24) is 15.8 Å². The summed E-state index contributed by atoms with van der Waals surface area (Å²) in [6.45, 7) is 0. The van der Waals surface area contributed by atoms with Gasteiger partial charge in [-0.1, -0.05) is 30.9 Å². The van der Waals surface area contributed by atoms with E-state index in [-0.39, 0.29) is 17.6 Å². The molecular weight excluding hydrogens is 370 g/mol. The summed E-state index contributed by atoms with van der Waals surface area (Å²) >= 11 is 8.74. The van der Waals surface area contributed by atoms with Crippen LogP contribution in [0.15, 0.2) is 12.1 Å².